The molecule has 0 N–H and O–H groups in total. The number of hydrogen-bond donors (Lipinski definition) is 0. The summed E-state index contributed by atoms with van der Waals surface area (Å²) in [7, 11) is -2.68. The lowest BCUT2D eigenvalue weighted by Gasteiger charge is -2.23. The van der Waals surface area contributed by atoms with Crippen LogP contribution in [0, 0.1) is 11.8 Å². The zero-order valence-corrected chi connectivity index (χ0v) is 7.32. The molecule has 2 atom stereocenters. The van der Waals surface area contributed by atoms with Crippen LogP contribution in [-0.4, -0.2) is 19.9 Å². The third kappa shape index (κ3) is 1.97. The van der Waals surface area contributed by atoms with Crippen LogP contribution in [0.2, 0.25) is 0 Å². The lowest BCUT2D eigenvalue weighted by Crippen LogP contribution is -2.28. The van der Waals surface area contributed by atoms with E-state index in [0.717, 1.165) is 6.42 Å². The summed E-state index contributed by atoms with van der Waals surface area (Å²) in [6.07, 6.45) is 1.07. The molecule has 1 aliphatic heterocycles. The molecule has 0 bridgehead atoms. The summed E-state index contributed by atoms with van der Waals surface area (Å²) in [5, 5.41) is 0. The number of rotatable bonds is 0. The highest BCUT2D eigenvalue weighted by Gasteiger charge is 2.26. The fraction of sp³-hybridized carbons (Fsp3) is 1.00. The quantitative estimate of drug-likeness (QED) is 0.534. The molecule has 1 rings (SSSR count). The second kappa shape index (κ2) is 2.53. The van der Waals surface area contributed by atoms with Gasteiger partial charge in [-0.2, -0.15) is 0 Å². The SMILES string of the molecule is CC1CC(C)CS(=O)(=O)C1. The van der Waals surface area contributed by atoms with Gasteiger partial charge in [0.15, 0.2) is 9.84 Å². The summed E-state index contributed by atoms with van der Waals surface area (Å²) in [5.74, 6) is 1.54. The topological polar surface area (TPSA) is 34.1 Å². The van der Waals surface area contributed by atoms with Gasteiger partial charge in [0.25, 0.3) is 0 Å². The molecule has 0 spiro atoms. The van der Waals surface area contributed by atoms with E-state index in [4.69, 9.17) is 0 Å². The van der Waals surface area contributed by atoms with Crippen molar-refractivity contribution in [3.8, 4) is 0 Å². The molecule has 1 heterocycles. The van der Waals surface area contributed by atoms with Crippen molar-refractivity contribution >= 4 is 9.84 Å². The molecule has 0 aromatic heterocycles. The van der Waals surface area contributed by atoms with Gasteiger partial charge in [-0.25, -0.2) is 8.42 Å². The molecule has 1 aliphatic rings. The van der Waals surface area contributed by atoms with Crippen LogP contribution >= 0.6 is 0 Å². The first-order valence-electron chi connectivity index (χ1n) is 3.70. The average molecular weight is 162 g/mol. The summed E-state index contributed by atoms with van der Waals surface area (Å²) in [6, 6.07) is 0. The summed E-state index contributed by atoms with van der Waals surface area (Å²) in [4.78, 5) is 0. The van der Waals surface area contributed by atoms with Crippen molar-refractivity contribution in [3.63, 3.8) is 0 Å². The van der Waals surface area contributed by atoms with Crippen LogP contribution in [0.4, 0.5) is 0 Å². The van der Waals surface area contributed by atoms with E-state index in [0.29, 0.717) is 23.3 Å². The maximum atomic E-state index is 11.1. The maximum absolute atomic E-state index is 11.1. The number of sulfone groups is 1. The monoisotopic (exact) mass is 162 g/mol. The van der Waals surface area contributed by atoms with Crippen LogP contribution in [0.3, 0.4) is 0 Å². The van der Waals surface area contributed by atoms with Crippen LogP contribution in [0.1, 0.15) is 20.3 Å². The molecule has 0 aliphatic carbocycles. The van der Waals surface area contributed by atoms with E-state index < -0.39 is 9.84 Å². The van der Waals surface area contributed by atoms with Crippen LogP contribution in [-0.2, 0) is 9.84 Å². The average Bonchev–Trinajstić information content (AvgIpc) is 1.54. The van der Waals surface area contributed by atoms with E-state index in [-0.39, 0.29) is 0 Å². The molecule has 1 fully saturated rings. The molecule has 1 saturated heterocycles. The molecule has 10 heavy (non-hydrogen) atoms. The first-order chi connectivity index (χ1) is 4.49. The molecule has 0 aromatic rings. The minimum Gasteiger partial charge on any atom is -0.229 e. The Balaban J connectivity index is 2.69. The largest absolute Gasteiger partial charge is 0.229 e. The summed E-state index contributed by atoms with van der Waals surface area (Å²) in [6.45, 7) is 4.01. The Kier molecular flexibility index (Phi) is 2.04. The van der Waals surface area contributed by atoms with Crippen molar-refractivity contribution in [2.45, 2.75) is 20.3 Å². The molecule has 2 nitrogen and oxygen atoms in total. The third-order valence-corrected chi connectivity index (χ3v) is 4.04. The van der Waals surface area contributed by atoms with Gasteiger partial charge in [-0.05, 0) is 18.3 Å². The normalized spacial score (nSPS) is 39.4. The summed E-state index contributed by atoms with van der Waals surface area (Å²) < 4.78 is 22.1. The van der Waals surface area contributed by atoms with Crippen molar-refractivity contribution in [2.24, 2.45) is 11.8 Å². The first-order valence-corrected chi connectivity index (χ1v) is 5.52. The Morgan fingerprint density at radius 2 is 1.50 bits per heavy atom. The van der Waals surface area contributed by atoms with Crippen LogP contribution in [0.5, 0.6) is 0 Å². The highest BCUT2D eigenvalue weighted by Crippen LogP contribution is 2.22. The molecule has 0 aromatic carbocycles. The van der Waals surface area contributed by atoms with Gasteiger partial charge < -0.3 is 0 Å². The molecular formula is C7H14O2S. The number of hydrogen-bond acceptors (Lipinski definition) is 2. The first kappa shape index (κ1) is 8.05. The summed E-state index contributed by atoms with van der Waals surface area (Å²) >= 11 is 0. The van der Waals surface area contributed by atoms with E-state index in [2.05, 4.69) is 0 Å². The zero-order valence-electron chi connectivity index (χ0n) is 6.50. The van der Waals surface area contributed by atoms with Gasteiger partial charge in [-0.3, -0.25) is 0 Å². The second-order valence-electron chi connectivity index (χ2n) is 3.52. The van der Waals surface area contributed by atoms with Gasteiger partial charge >= 0.3 is 0 Å². The Morgan fingerprint density at radius 1 is 1.10 bits per heavy atom. The van der Waals surface area contributed by atoms with E-state index >= 15 is 0 Å². The van der Waals surface area contributed by atoms with Gasteiger partial charge in [-0.1, -0.05) is 13.8 Å². The molecule has 0 radical (unpaired) electrons. The highest BCUT2D eigenvalue weighted by atomic mass is 32.2. The smallest absolute Gasteiger partial charge is 0.150 e. The van der Waals surface area contributed by atoms with Crippen molar-refractivity contribution in [2.75, 3.05) is 11.5 Å². The van der Waals surface area contributed by atoms with Crippen molar-refractivity contribution < 1.29 is 8.42 Å². The Labute approximate surface area is 62.5 Å². The van der Waals surface area contributed by atoms with E-state index in [1.54, 1.807) is 0 Å². The lowest BCUT2D eigenvalue weighted by atomic mass is 10.0. The van der Waals surface area contributed by atoms with Gasteiger partial charge in [-0.15, -0.1) is 0 Å². The standard InChI is InChI=1S/C7H14O2S/c1-6-3-7(2)5-10(8,9)4-6/h6-7H,3-5H2,1-2H3. The van der Waals surface area contributed by atoms with Crippen LogP contribution in [0.25, 0.3) is 0 Å². The second-order valence-corrected chi connectivity index (χ2v) is 5.68. The fourth-order valence-electron chi connectivity index (χ4n) is 1.76. The fourth-order valence-corrected chi connectivity index (χ4v) is 3.90. The van der Waals surface area contributed by atoms with Gasteiger partial charge in [0.1, 0.15) is 0 Å². The molecular weight excluding hydrogens is 148 g/mol. The van der Waals surface area contributed by atoms with Crippen molar-refractivity contribution in [1.82, 2.24) is 0 Å². The molecule has 2 unspecified atom stereocenters. The van der Waals surface area contributed by atoms with Crippen molar-refractivity contribution in [3.05, 3.63) is 0 Å². The van der Waals surface area contributed by atoms with Crippen LogP contribution < -0.4 is 0 Å². The van der Waals surface area contributed by atoms with Crippen molar-refractivity contribution in [1.29, 1.82) is 0 Å². The molecule has 60 valence electrons. The molecule has 0 amide bonds. The predicted molar refractivity (Wildman–Crippen MR) is 41.6 cm³/mol. The van der Waals surface area contributed by atoms with Gasteiger partial charge in [0, 0.05) is 0 Å². The van der Waals surface area contributed by atoms with Gasteiger partial charge in [0.05, 0.1) is 11.5 Å². The summed E-state index contributed by atoms with van der Waals surface area (Å²) in [5.41, 5.74) is 0. The minimum atomic E-state index is -2.68. The minimum absolute atomic E-state index is 0.369. The molecule has 3 heteroatoms. The Morgan fingerprint density at radius 3 is 1.80 bits per heavy atom. The van der Waals surface area contributed by atoms with E-state index in [9.17, 15) is 8.42 Å². The maximum Gasteiger partial charge on any atom is 0.150 e. The Hall–Kier alpha value is -0.0500. The predicted octanol–water partition coefficient (Wildman–Crippen LogP) is 1.08. The third-order valence-electron chi connectivity index (χ3n) is 1.88. The van der Waals surface area contributed by atoms with E-state index in [1.165, 1.54) is 0 Å². The molecule has 0 saturated carbocycles. The van der Waals surface area contributed by atoms with Gasteiger partial charge in [0.2, 0.25) is 0 Å². The highest BCUT2D eigenvalue weighted by molar-refractivity contribution is 7.91. The Bertz CT molecular complexity index is 190. The zero-order chi connectivity index (χ0) is 7.78. The lowest BCUT2D eigenvalue weighted by molar-refractivity contribution is 0.436. The van der Waals surface area contributed by atoms with E-state index in [1.807, 2.05) is 13.8 Å². The van der Waals surface area contributed by atoms with Crippen LogP contribution in [0.15, 0.2) is 0 Å².